The molecule has 1 atom stereocenters. The minimum Gasteiger partial charge on any atom is -0.507 e. The average molecular weight is 366 g/mol. The molecule has 0 saturated carbocycles. The highest BCUT2D eigenvalue weighted by molar-refractivity contribution is 5.91. The van der Waals surface area contributed by atoms with Crippen LogP contribution in [0.5, 0.6) is 5.75 Å². The number of anilines is 1. The third-order valence-electron chi connectivity index (χ3n) is 4.42. The van der Waals surface area contributed by atoms with Crippen molar-refractivity contribution in [2.45, 2.75) is 60.3 Å². The van der Waals surface area contributed by atoms with Crippen LogP contribution in [0.2, 0.25) is 0 Å². The predicted octanol–water partition coefficient (Wildman–Crippen LogP) is 7.36. The van der Waals surface area contributed by atoms with Crippen LogP contribution >= 0.6 is 0 Å². The molecular weight excluding hydrogens is 330 g/mol. The van der Waals surface area contributed by atoms with E-state index in [9.17, 15) is 5.11 Å². The molecule has 0 heterocycles. The molecule has 3 N–H and O–H groups in total. The zero-order valence-electron chi connectivity index (χ0n) is 17.7. The highest BCUT2D eigenvalue weighted by atomic mass is 16.3. The zero-order valence-corrected chi connectivity index (χ0v) is 17.7. The summed E-state index contributed by atoms with van der Waals surface area (Å²) in [7, 11) is 0. The van der Waals surface area contributed by atoms with Crippen LogP contribution in [0.1, 0.15) is 63.1 Å². The van der Waals surface area contributed by atoms with E-state index < -0.39 is 0 Å². The van der Waals surface area contributed by atoms with Gasteiger partial charge in [0.05, 0.1) is 0 Å². The van der Waals surface area contributed by atoms with Crippen molar-refractivity contribution < 1.29 is 5.11 Å². The lowest BCUT2D eigenvalue weighted by atomic mass is 9.90. The first-order valence-electron chi connectivity index (χ1n) is 9.88. The van der Waals surface area contributed by atoms with E-state index in [1.807, 2.05) is 36.4 Å². The summed E-state index contributed by atoms with van der Waals surface area (Å²) in [5, 5.41) is 12.5. The molecule has 0 aliphatic heterocycles. The number of para-hydroxylation sites is 1. The SMILES string of the molecule is CCC.CC[C@@H](C)c1c(C)cc2cc(C)ccc2c1O.Nc1ccccc1. The number of benzene rings is 3. The summed E-state index contributed by atoms with van der Waals surface area (Å²) in [6.07, 6.45) is 2.30. The lowest BCUT2D eigenvalue weighted by Gasteiger charge is -2.17. The smallest absolute Gasteiger partial charge is 0.127 e. The van der Waals surface area contributed by atoms with Gasteiger partial charge < -0.3 is 10.8 Å². The van der Waals surface area contributed by atoms with E-state index >= 15 is 0 Å². The molecule has 3 rings (SSSR count). The largest absolute Gasteiger partial charge is 0.507 e. The van der Waals surface area contributed by atoms with Gasteiger partial charge in [0, 0.05) is 16.6 Å². The Morgan fingerprint density at radius 3 is 2.00 bits per heavy atom. The maximum Gasteiger partial charge on any atom is 0.127 e. The van der Waals surface area contributed by atoms with Crippen molar-refractivity contribution in [1.29, 1.82) is 0 Å². The van der Waals surface area contributed by atoms with Gasteiger partial charge in [-0.3, -0.25) is 0 Å². The lowest BCUT2D eigenvalue weighted by molar-refractivity contribution is 0.467. The van der Waals surface area contributed by atoms with Crippen molar-refractivity contribution in [3.63, 3.8) is 0 Å². The number of phenolic OH excluding ortho intramolecular Hbond substituents is 1. The Hall–Kier alpha value is -2.48. The van der Waals surface area contributed by atoms with Crippen LogP contribution in [-0.2, 0) is 0 Å². The number of rotatable bonds is 2. The molecule has 0 radical (unpaired) electrons. The molecule has 0 aliphatic rings. The topological polar surface area (TPSA) is 46.2 Å². The third kappa shape index (κ3) is 6.63. The van der Waals surface area contributed by atoms with Gasteiger partial charge in [-0.1, -0.05) is 82.1 Å². The highest BCUT2D eigenvalue weighted by Crippen LogP contribution is 2.37. The Kier molecular flexibility index (Phi) is 9.42. The minimum absolute atomic E-state index is 0.403. The van der Waals surface area contributed by atoms with Crippen molar-refractivity contribution >= 4 is 16.5 Å². The summed E-state index contributed by atoms with van der Waals surface area (Å²) in [5.41, 5.74) is 9.70. The van der Waals surface area contributed by atoms with Crippen LogP contribution in [0, 0.1) is 13.8 Å². The quantitative estimate of drug-likeness (QED) is 0.466. The zero-order chi connectivity index (χ0) is 20.4. The highest BCUT2D eigenvalue weighted by Gasteiger charge is 2.14. The number of nitrogens with two attached hydrogens (primary N) is 1. The lowest BCUT2D eigenvalue weighted by Crippen LogP contribution is -1.96. The van der Waals surface area contributed by atoms with Crippen molar-refractivity contribution in [2.75, 3.05) is 5.73 Å². The first-order chi connectivity index (χ1) is 12.8. The maximum atomic E-state index is 10.4. The number of nitrogen functional groups attached to an aromatic ring is 1. The molecule has 3 aromatic carbocycles. The van der Waals surface area contributed by atoms with E-state index in [0.717, 1.165) is 28.4 Å². The first kappa shape index (κ1) is 22.6. The molecule has 0 aromatic heterocycles. The second-order valence-corrected chi connectivity index (χ2v) is 7.11. The van der Waals surface area contributed by atoms with Gasteiger partial charge in [0.2, 0.25) is 0 Å². The van der Waals surface area contributed by atoms with Crippen molar-refractivity contribution in [1.82, 2.24) is 0 Å². The molecule has 0 bridgehead atoms. The molecule has 2 heteroatoms. The van der Waals surface area contributed by atoms with Crippen LogP contribution in [0.15, 0.2) is 54.6 Å². The van der Waals surface area contributed by atoms with Gasteiger partial charge in [0.1, 0.15) is 5.75 Å². The van der Waals surface area contributed by atoms with Crippen LogP contribution < -0.4 is 5.73 Å². The second-order valence-electron chi connectivity index (χ2n) is 7.11. The normalized spacial score (nSPS) is 11.0. The third-order valence-corrected chi connectivity index (χ3v) is 4.42. The van der Waals surface area contributed by atoms with E-state index in [2.05, 4.69) is 59.7 Å². The summed E-state index contributed by atoms with van der Waals surface area (Å²) in [6.45, 7) is 12.7. The molecule has 0 fully saturated rings. The van der Waals surface area contributed by atoms with Gasteiger partial charge in [0.25, 0.3) is 0 Å². The Morgan fingerprint density at radius 2 is 1.52 bits per heavy atom. The minimum atomic E-state index is 0.403. The molecule has 0 unspecified atom stereocenters. The molecule has 27 heavy (non-hydrogen) atoms. The fourth-order valence-electron chi connectivity index (χ4n) is 2.94. The molecule has 2 nitrogen and oxygen atoms in total. The fourth-order valence-corrected chi connectivity index (χ4v) is 2.94. The van der Waals surface area contributed by atoms with E-state index in [-0.39, 0.29) is 0 Å². The number of fused-ring (bicyclic) bond motifs is 1. The fraction of sp³-hybridized carbons (Fsp3) is 0.360. The summed E-state index contributed by atoms with van der Waals surface area (Å²) >= 11 is 0. The molecular formula is C25H35NO. The number of aryl methyl sites for hydroxylation is 2. The molecule has 0 saturated heterocycles. The Balaban J connectivity index is 0.000000301. The monoisotopic (exact) mass is 365 g/mol. The van der Waals surface area contributed by atoms with Gasteiger partial charge in [-0.25, -0.2) is 0 Å². The van der Waals surface area contributed by atoms with E-state index in [4.69, 9.17) is 5.73 Å². The summed E-state index contributed by atoms with van der Waals surface area (Å²) < 4.78 is 0. The predicted molar refractivity (Wildman–Crippen MR) is 121 cm³/mol. The number of hydrogen-bond donors (Lipinski definition) is 2. The van der Waals surface area contributed by atoms with Gasteiger partial charge in [-0.15, -0.1) is 0 Å². The number of hydrogen-bond acceptors (Lipinski definition) is 2. The van der Waals surface area contributed by atoms with Crippen molar-refractivity contribution in [2.24, 2.45) is 0 Å². The maximum absolute atomic E-state index is 10.4. The first-order valence-corrected chi connectivity index (χ1v) is 9.88. The number of aromatic hydroxyl groups is 1. The van der Waals surface area contributed by atoms with Crippen LogP contribution in [0.3, 0.4) is 0 Å². The Morgan fingerprint density at radius 1 is 0.926 bits per heavy atom. The van der Waals surface area contributed by atoms with E-state index in [1.165, 1.54) is 17.5 Å². The van der Waals surface area contributed by atoms with Crippen LogP contribution in [-0.4, -0.2) is 5.11 Å². The Bertz CT molecular complexity index is 825. The summed E-state index contributed by atoms with van der Waals surface area (Å²) in [5.74, 6) is 0.870. The standard InChI is InChI=1S/C16H20O.C6H7N.C3H8/c1-5-11(3)15-12(4)9-13-8-10(2)6-7-14(13)16(15)17;7-6-4-2-1-3-5-6;1-3-2/h6-9,11,17H,5H2,1-4H3;1-5H,7H2;3H2,1-2H3/t11-;;/m1../s1. The average Bonchev–Trinajstić information content (AvgIpc) is 2.63. The Labute approximate surface area is 165 Å². The van der Waals surface area contributed by atoms with Gasteiger partial charge >= 0.3 is 0 Å². The molecule has 146 valence electrons. The van der Waals surface area contributed by atoms with Gasteiger partial charge in [0.15, 0.2) is 0 Å². The van der Waals surface area contributed by atoms with E-state index in [0.29, 0.717) is 11.7 Å². The second kappa shape index (κ2) is 11.3. The van der Waals surface area contributed by atoms with Crippen molar-refractivity contribution in [3.05, 3.63) is 71.3 Å². The van der Waals surface area contributed by atoms with Crippen molar-refractivity contribution in [3.8, 4) is 5.75 Å². The van der Waals surface area contributed by atoms with Gasteiger partial charge in [-0.2, -0.15) is 0 Å². The van der Waals surface area contributed by atoms with Crippen LogP contribution in [0.25, 0.3) is 10.8 Å². The van der Waals surface area contributed by atoms with Crippen LogP contribution in [0.4, 0.5) is 5.69 Å². The molecule has 0 spiro atoms. The summed E-state index contributed by atoms with van der Waals surface area (Å²) in [6, 6.07) is 17.9. The van der Waals surface area contributed by atoms with E-state index in [1.54, 1.807) is 0 Å². The molecule has 3 aromatic rings. The van der Waals surface area contributed by atoms with Gasteiger partial charge in [-0.05, 0) is 49.3 Å². The molecule has 0 aliphatic carbocycles. The number of phenols is 1. The summed E-state index contributed by atoms with van der Waals surface area (Å²) in [4.78, 5) is 0. The molecule has 0 amide bonds.